The van der Waals surface area contributed by atoms with Crippen LogP contribution in [0.5, 0.6) is 5.75 Å². The van der Waals surface area contributed by atoms with Crippen molar-refractivity contribution in [2.24, 2.45) is 0 Å². The first kappa shape index (κ1) is 12.4. The minimum absolute atomic E-state index is 0.444. The van der Waals surface area contributed by atoms with E-state index in [1.807, 2.05) is 0 Å². The molecule has 0 amide bonds. The number of ether oxygens (including phenoxy) is 2. The van der Waals surface area contributed by atoms with E-state index in [0.29, 0.717) is 18.1 Å². The Morgan fingerprint density at radius 2 is 2.12 bits per heavy atom. The smallest absolute Gasteiger partial charge is 0.122 e. The quantitative estimate of drug-likeness (QED) is 0.725. The topological polar surface area (TPSA) is 21.8 Å². The summed E-state index contributed by atoms with van der Waals surface area (Å²) in [5.74, 6) is 1.55. The molecule has 0 spiro atoms. The predicted molar refractivity (Wildman–Crippen MR) is 69.7 cm³/mol. The second-order valence-electron chi connectivity index (χ2n) is 4.97. The van der Waals surface area contributed by atoms with Gasteiger partial charge in [0.05, 0.1) is 19.3 Å². The van der Waals surface area contributed by atoms with E-state index in [4.69, 9.17) is 9.47 Å². The number of aryl methyl sites for hydroxylation is 1. The Bertz CT molecular complexity index is 387. The van der Waals surface area contributed by atoms with Crippen LogP contribution >= 0.6 is 0 Å². The van der Waals surface area contributed by atoms with Gasteiger partial charge in [0.25, 0.3) is 0 Å². The molecule has 1 saturated heterocycles. The largest absolute Gasteiger partial charge is 0.496 e. The van der Waals surface area contributed by atoms with Crippen LogP contribution in [0, 0.1) is 6.92 Å². The molecule has 2 nitrogen and oxygen atoms in total. The second kappa shape index (κ2) is 5.09. The monoisotopic (exact) mass is 234 g/mol. The third kappa shape index (κ3) is 2.81. The summed E-state index contributed by atoms with van der Waals surface area (Å²) in [7, 11) is 1.75. The molecule has 1 heterocycles. The molecule has 3 unspecified atom stereocenters. The summed E-state index contributed by atoms with van der Waals surface area (Å²) >= 11 is 0. The highest BCUT2D eigenvalue weighted by Crippen LogP contribution is 2.38. The molecule has 17 heavy (non-hydrogen) atoms. The fourth-order valence-electron chi connectivity index (χ4n) is 2.44. The van der Waals surface area contributed by atoms with Crippen LogP contribution in [0.25, 0.3) is 0 Å². The van der Waals surface area contributed by atoms with E-state index in [1.54, 1.807) is 7.11 Å². The molecule has 1 aromatic rings. The van der Waals surface area contributed by atoms with E-state index < -0.39 is 0 Å². The molecule has 0 N–H and O–H groups in total. The van der Waals surface area contributed by atoms with Gasteiger partial charge in [0, 0.05) is 0 Å². The van der Waals surface area contributed by atoms with Gasteiger partial charge in [-0.1, -0.05) is 24.6 Å². The third-order valence-electron chi connectivity index (χ3n) is 3.67. The molecule has 1 aliphatic rings. The molecular weight excluding hydrogens is 212 g/mol. The van der Waals surface area contributed by atoms with Crippen molar-refractivity contribution in [3.8, 4) is 5.75 Å². The van der Waals surface area contributed by atoms with Crippen molar-refractivity contribution in [2.75, 3.05) is 7.11 Å². The minimum atomic E-state index is 0.444. The van der Waals surface area contributed by atoms with Crippen molar-refractivity contribution in [1.29, 1.82) is 0 Å². The lowest BCUT2D eigenvalue weighted by Gasteiger charge is -2.18. The van der Waals surface area contributed by atoms with Gasteiger partial charge in [-0.25, -0.2) is 0 Å². The molecule has 0 aromatic heterocycles. The lowest BCUT2D eigenvalue weighted by molar-refractivity contribution is 0.352. The summed E-state index contributed by atoms with van der Waals surface area (Å²) < 4.78 is 11.0. The number of hydrogen-bond donors (Lipinski definition) is 0. The van der Waals surface area contributed by atoms with E-state index in [0.717, 1.165) is 18.6 Å². The Hall–Kier alpha value is -1.02. The standard InChI is InChI=1S/C15H22O2/c1-5-12(9-15-11(3)17-15)13-8-10(2)6-7-14(13)16-4/h6-8,11-12,15H,5,9H2,1-4H3. The highest BCUT2D eigenvalue weighted by atomic mass is 16.6. The van der Waals surface area contributed by atoms with Crippen LogP contribution in [0.2, 0.25) is 0 Å². The Balaban J connectivity index is 2.19. The van der Waals surface area contributed by atoms with Crippen LogP contribution < -0.4 is 4.74 Å². The van der Waals surface area contributed by atoms with Gasteiger partial charge in [-0.3, -0.25) is 0 Å². The predicted octanol–water partition coefficient (Wildman–Crippen LogP) is 3.67. The van der Waals surface area contributed by atoms with Gasteiger partial charge >= 0.3 is 0 Å². The van der Waals surface area contributed by atoms with E-state index >= 15 is 0 Å². The van der Waals surface area contributed by atoms with Crippen LogP contribution in [0.4, 0.5) is 0 Å². The number of rotatable bonds is 5. The molecule has 0 aliphatic carbocycles. The summed E-state index contributed by atoms with van der Waals surface area (Å²) in [4.78, 5) is 0. The number of methoxy groups -OCH3 is 1. The maximum absolute atomic E-state index is 5.53. The molecule has 0 bridgehead atoms. The molecule has 1 fully saturated rings. The Labute approximate surface area is 104 Å². The SMILES string of the molecule is CCC(CC1OC1C)c1cc(C)ccc1OC. The first-order valence-corrected chi connectivity index (χ1v) is 6.45. The zero-order valence-corrected chi connectivity index (χ0v) is 11.2. The maximum Gasteiger partial charge on any atom is 0.122 e. The highest BCUT2D eigenvalue weighted by Gasteiger charge is 2.36. The van der Waals surface area contributed by atoms with Crippen LogP contribution in [0.3, 0.4) is 0 Å². The van der Waals surface area contributed by atoms with Crippen LogP contribution in [-0.4, -0.2) is 19.3 Å². The van der Waals surface area contributed by atoms with Gasteiger partial charge in [-0.15, -0.1) is 0 Å². The summed E-state index contributed by atoms with van der Waals surface area (Å²) in [5, 5.41) is 0. The van der Waals surface area contributed by atoms with Gasteiger partial charge in [-0.2, -0.15) is 0 Å². The molecule has 0 radical (unpaired) electrons. The Morgan fingerprint density at radius 3 is 2.65 bits per heavy atom. The van der Waals surface area contributed by atoms with Gasteiger partial charge < -0.3 is 9.47 Å². The Morgan fingerprint density at radius 1 is 1.41 bits per heavy atom. The molecule has 1 aromatic carbocycles. The van der Waals surface area contributed by atoms with E-state index in [1.165, 1.54) is 11.1 Å². The summed E-state index contributed by atoms with van der Waals surface area (Å²) in [6.45, 7) is 6.51. The van der Waals surface area contributed by atoms with E-state index in [-0.39, 0.29) is 0 Å². The lowest BCUT2D eigenvalue weighted by atomic mass is 9.89. The summed E-state index contributed by atoms with van der Waals surface area (Å²) in [6.07, 6.45) is 3.13. The maximum atomic E-state index is 5.53. The molecule has 94 valence electrons. The van der Waals surface area contributed by atoms with E-state index in [9.17, 15) is 0 Å². The summed E-state index contributed by atoms with van der Waals surface area (Å²) in [6, 6.07) is 6.43. The number of epoxide rings is 1. The summed E-state index contributed by atoms with van der Waals surface area (Å²) in [5.41, 5.74) is 2.63. The van der Waals surface area contributed by atoms with Crippen molar-refractivity contribution in [3.05, 3.63) is 29.3 Å². The van der Waals surface area contributed by atoms with Crippen molar-refractivity contribution >= 4 is 0 Å². The van der Waals surface area contributed by atoms with Crippen LogP contribution in [0.15, 0.2) is 18.2 Å². The second-order valence-corrected chi connectivity index (χ2v) is 4.97. The number of hydrogen-bond acceptors (Lipinski definition) is 2. The van der Waals surface area contributed by atoms with Crippen molar-refractivity contribution in [1.82, 2.24) is 0 Å². The van der Waals surface area contributed by atoms with Crippen molar-refractivity contribution in [3.63, 3.8) is 0 Å². The molecular formula is C15H22O2. The van der Waals surface area contributed by atoms with Gasteiger partial charge in [0.1, 0.15) is 5.75 Å². The molecule has 2 rings (SSSR count). The number of benzene rings is 1. The molecule has 1 aliphatic heterocycles. The van der Waals surface area contributed by atoms with Gasteiger partial charge in [0.2, 0.25) is 0 Å². The average molecular weight is 234 g/mol. The zero-order valence-electron chi connectivity index (χ0n) is 11.2. The van der Waals surface area contributed by atoms with Crippen molar-refractivity contribution < 1.29 is 9.47 Å². The molecule has 0 saturated carbocycles. The normalized spacial score (nSPS) is 24.5. The minimum Gasteiger partial charge on any atom is -0.496 e. The Kier molecular flexibility index (Phi) is 3.72. The van der Waals surface area contributed by atoms with Crippen LogP contribution in [0.1, 0.15) is 43.7 Å². The average Bonchev–Trinajstić information content (AvgIpc) is 3.02. The first-order chi connectivity index (χ1) is 8.15. The highest BCUT2D eigenvalue weighted by molar-refractivity contribution is 5.39. The van der Waals surface area contributed by atoms with Crippen molar-refractivity contribution in [2.45, 2.75) is 51.7 Å². The molecule has 2 heteroatoms. The first-order valence-electron chi connectivity index (χ1n) is 6.45. The van der Waals surface area contributed by atoms with Gasteiger partial charge in [0.15, 0.2) is 0 Å². The fourth-order valence-corrected chi connectivity index (χ4v) is 2.44. The van der Waals surface area contributed by atoms with Gasteiger partial charge in [-0.05, 0) is 44.2 Å². The van der Waals surface area contributed by atoms with E-state index in [2.05, 4.69) is 39.0 Å². The molecule has 3 atom stereocenters. The zero-order chi connectivity index (χ0) is 12.4. The fraction of sp³-hybridized carbons (Fsp3) is 0.600. The lowest BCUT2D eigenvalue weighted by Crippen LogP contribution is -2.05. The van der Waals surface area contributed by atoms with Crippen LogP contribution in [-0.2, 0) is 4.74 Å². The third-order valence-corrected chi connectivity index (χ3v) is 3.67.